The van der Waals surface area contributed by atoms with E-state index < -0.39 is 23.2 Å². The number of nitrogens with one attached hydrogen (secondary N) is 2. The van der Waals surface area contributed by atoms with E-state index in [0.717, 1.165) is 6.07 Å². The predicted molar refractivity (Wildman–Crippen MR) is 85.8 cm³/mol. The van der Waals surface area contributed by atoms with E-state index in [4.69, 9.17) is 4.42 Å². The number of rotatable bonds is 5. The second kappa shape index (κ2) is 7.27. The van der Waals surface area contributed by atoms with Crippen LogP contribution in [0, 0.1) is 12.7 Å². The SMILES string of the molecule is Cc1ccc(NC(=O)C(=O)NC[C@](C)(O)Cc2ccco2)cc1F. The maximum atomic E-state index is 13.4. The van der Waals surface area contributed by atoms with E-state index in [1.54, 1.807) is 19.1 Å². The number of hydrogen-bond donors (Lipinski definition) is 3. The van der Waals surface area contributed by atoms with Gasteiger partial charge in [0.1, 0.15) is 11.6 Å². The molecule has 3 N–H and O–H groups in total. The molecule has 0 bridgehead atoms. The molecule has 2 rings (SSSR count). The number of carbonyl (C=O) groups excluding carboxylic acids is 2. The fraction of sp³-hybridized carbons (Fsp3) is 0.294. The van der Waals surface area contributed by atoms with E-state index in [1.807, 2.05) is 0 Å². The molecule has 0 fully saturated rings. The number of amides is 2. The van der Waals surface area contributed by atoms with Gasteiger partial charge in [0.2, 0.25) is 0 Å². The van der Waals surface area contributed by atoms with Gasteiger partial charge in [-0.3, -0.25) is 9.59 Å². The molecule has 0 aliphatic carbocycles. The van der Waals surface area contributed by atoms with Gasteiger partial charge in [0.15, 0.2) is 0 Å². The third kappa shape index (κ3) is 4.92. The van der Waals surface area contributed by atoms with Crippen molar-refractivity contribution in [1.29, 1.82) is 0 Å². The lowest BCUT2D eigenvalue weighted by Gasteiger charge is -2.22. The molecule has 0 spiro atoms. The maximum Gasteiger partial charge on any atom is 0.313 e. The molecule has 2 aromatic rings. The Balaban J connectivity index is 1.87. The molecule has 24 heavy (non-hydrogen) atoms. The summed E-state index contributed by atoms with van der Waals surface area (Å²) in [7, 11) is 0. The molecule has 0 aliphatic rings. The number of aliphatic hydroxyl groups is 1. The molecule has 128 valence electrons. The number of benzene rings is 1. The third-order valence-corrected chi connectivity index (χ3v) is 3.40. The first kappa shape index (κ1) is 17.7. The summed E-state index contributed by atoms with van der Waals surface area (Å²) in [4.78, 5) is 23.6. The van der Waals surface area contributed by atoms with Crippen LogP contribution in [0.15, 0.2) is 41.0 Å². The van der Waals surface area contributed by atoms with Crippen molar-refractivity contribution in [1.82, 2.24) is 5.32 Å². The Labute approximate surface area is 138 Å². The lowest BCUT2D eigenvalue weighted by Crippen LogP contribution is -2.45. The van der Waals surface area contributed by atoms with Crippen LogP contribution >= 0.6 is 0 Å². The lowest BCUT2D eigenvalue weighted by atomic mass is 10.0. The number of hydrogen-bond acceptors (Lipinski definition) is 4. The minimum absolute atomic E-state index is 0.137. The second-order valence-electron chi connectivity index (χ2n) is 5.85. The fourth-order valence-corrected chi connectivity index (χ4v) is 2.06. The molecule has 0 saturated heterocycles. The Kier molecular flexibility index (Phi) is 5.35. The van der Waals surface area contributed by atoms with E-state index in [0.29, 0.717) is 11.3 Å². The number of furan rings is 1. The highest BCUT2D eigenvalue weighted by molar-refractivity contribution is 6.39. The molecule has 1 aromatic heterocycles. The van der Waals surface area contributed by atoms with Crippen LogP contribution in [0.3, 0.4) is 0 Å². The van der Waals surface area contributed by atoms with Crippen molar-refractivity contribution in [2.75, 3.05) is 11.9 Å². The lowest BCUT2D eigenvalue weighted by molar-refractivity contribution is -0.136. The van der Waals surface area contributed by atoms with Crippen molar-refractivity contribution >= 4 is 17.5 Å². The minimum Gasteiger partial charge on any atom is -0.469 e. The van der Waals surface area contributed by atoms with E-state index in [2.05, 4.69) is 10.6 Å². The van der Waals surface area contributed by atoms with Crippen molar-refractivity contribution in [3.63, 3.8) is 0 Å². The van der Waals surface area contributed by atoms with Crippen LogP contribution in [0.1, 0.15) is 18.2 Å². The standard InChI is InChI=1S/C17H19FN2O4/c1-11-5-6-12(8-14(11)18)20-16(22)15(21)19-10-17(2,23)9-13-4-3-7-24-13/h3-8,23H,9-10H2,1-2H3,(H,19,21)(H,20,22)/t17-/m1/s1. The Morgan fingerprint density at radius 2 is 2.04 bits per heavy atom. The number of halogens is 1. The Morgan fingerprint density at radius 1 is 1.29 bits per heavy atom. The van der Waals surface area contributed by atoms with Crippen LogP contribution in [0.5, 0.6) is 0 Å². The highest BCUT2D eigenvalue weighted by atomic mass is 19.1. The molecule has 1 aromatic carbocycles. The van der Waals surface area contributed by atoms with E-state index in [-0.39, 0.29) is 18.7 Å². The molecule has 0 unspecified atom stereocenters. The summed E-state index contributed by atoms with van der Waals surface area (Å²) in [5.74, 6) is -1.77. The summed E-state index contributed by atoms with van der Waals surface area (Å²) >= 11 is 0. The molecule has 0 aliphatic heterocycles. The maximum absolute atomic E-state index is 13.4. The predicted octanol–water partition coefficient (Wildman–Crippen LogP) is 1.78. The van der Waals surface area contributed by atoms with Gasteiger partial charge in [0, 0.05) is 18.7 Å². The van der Waals surface area contributed by atoms with Gasteiger partial charge in [-0.1, -0.05) is 6.07 Å². The van der Waals surface area contributed by atoms with Crippen molar-refractivity contribution in [2.45, 2.75) is 25.9 Å². The Hall–Kier alpha value is -2.67. The first-order chi connectivity index (χ1) is 11.3. The van der Waals surface area contributed by atoms with E-state index in [1.165, 1.54) is 25.3 Å². The van der Waals surface area contributed by atoms with E-state index >= 15 is 0 Å². The zero-order valence-electron chi connectivity index (χ0n) is 13.4. The summed E-state index contributed by atoms with van der Waals surface area (Å²) in [6.45, 7) is 2.97. The summed E-state index contributed by atoms with van der Waals surface area (Å²) < 4.78 is 18.6. The summed E-state index contributed by atoms with van der Waals surface area (Å²) in [5, 5.41) is 14.9. The minimum atomic E-state index is -1.27. The van der Waals surface area contributed by atoms with Gasteiger partial charge in [-0.25, -0.2) is 4.39 Å². The van der Waals surface area contributed by atoms with Gasteiger partial charge >= 0.3 is 11.8 Å². The van der Waals surface area contributed by atoms with Gasteiger partial charge in [0.05, 0.1) is 11.9 Å². The molecular formula is C17H19FN2O4. The van der Waals surface area contributed by atoms with Crippen molar-refractivity contribution in [3.8, 4) is 0 Å². The van der Waals surface area contributed by atoms with Crippen LogP contribution in [0.25, 0.3) is 0 Å². The highest BCUT2D eigenvalue weighted by Crippen LogP contribution is 2.14. The van der Waals surface area contributed by atoms with Crippen LogP contribution in [0.2, 0.25) is 0 Å². The van der Waals surface area contributed by atoms with Gasteiger partial charge in [0.25, 0.3) is 0 Å². The molecule has 1 heterocycles. The molecule has 6 nitrogen and oxygen atoms in total. The second-order valence-corrected chi connectivity index (χ2v) is 5.85. The first-order valence-electron chi connectivity index (χ1n) is 7.37. The fourth-order valence-electron chi connectivity index (χ4n) is 2.06. The first-order valence-corrected chi connectivity index (χ1v) is 7.37. The average molecular weight is 334 g/mol. The van der Waals surface area contributed by atoms with Crippen molar-refractivity contribution < 1.29 is 23.5 Å². The van der Waals surface area contributed by atoms with E-state index in [9.17, 15) is 19.1 Å². The molecule has 0 radical (unpaired) electrons. The van der Waals surface area contributed by atoms with Crippen LogP contribution in [0.4, 0.5) is 10.1 Å². The number of aryl methyl sites for hydroxylation is 1. The quantitative estimate of drug-likeness (QED) is 0.727. The van der Waals surface area contributed by atoms with Gasteiger partial charge in [-0.15, -0.1) is 0 Å². The largest absolute Gasteiger partial charge is 0.469 e. The van der Waals surface area contributed by atoms with Crippen molar-refractivity contribution in [3.05, 3.63) is 53.7 Å². The van der Waals surface area contributed by atoms with Crippen LogP contribution in [-0.2, 0) is 16.0 Å². The topological polar surface area (TPSA) is 91.6 Å². The monoisotopic (exact) mass is 334 g/mol. The number of carbonyl (C=O) groups is 2. The Morgan fingerprint density at radius 3 is 2.67 bits per heavy atom. The molecule has 1 atom stereocenters. The highest BCUT2D eigenvalue weighted by Gasteiger charge is 2.25. The molecule has 2 amide bonds. The summed E-state index contributed by atoms with van der Waals surface area (Å²) in [5.41, 5.74) is -0.656. The van der Waals surface area contributed by atoms with Gasteiger partial charge < -0.3 is 20.2 Å². The molecular weight excluding hydrogens is 315 g/mol. The zero-order chi connectivity index (χ0) is 17.7. The third-order valence-electron chi connectivity index (χ3n) is 3.40. The smallest absolute Gasteiger partial charge is 0.313 e. The van der Waals surface area contributed by atoms with Crippen molar-refractivity contribution in [2.24, 2.45) is 0 Å². The van der Waals surface area contributed by atoms with Crippen LogP contribution < -0.4 is 10.6 Å². The zero-order valence-corrected chi connectivity index (χ0v) is 13.4. The average Bonchev–Trinajstić information content (AvgIpc) is 3.00. The summed E-state index contributed by atoms with van der Waals surface area (Å²) in [6, 6.07) is 7.52. The summed E-state index contributed by atoms with van der Waals surface area (Å²) in [6.07, 6.45) is 1.67. The number of anilines is 1. The molecule has 0 saturated carbocycles. The van der Waals surface area contributed by atoms with Gasteiger partial charge in [-0.05, 0) is 43.7 Å². The van der Waals surface area contributed by atoms with Gasteiger partial charge in [-0.2, -0.15) is 0 Å². The normalized spacial score (nSPS) is 13.2. The Bertz CT molecular complexity index is 726. The van der Waals surface area contributed by atoms with Crippen LogP contribution in [-0.4, -0.2) is 29.1 Å². The molecule has 7 heteroatoms.